The van der Waals surface area contributed by atoms with Crippen LogP contribution in [0.5, 0.6) is 0 Å². The first-order valence-corrected chi connectivity index (χ1v) is 4.76. The van der Waals surface area contributed by atoms with Gasteiger partial charge in [0.15, 0.2) is 0 Å². The van der Waals surface area contributed by atoms with E-state index in [1.165, 1.54) is 0 Å². The van der Waals surface area contributed by atoms with Crippen LogP contribution in [0, 0.1) is 0 Å². The van der Waals surface area contributed by atoms with Crippen LogP contribution in [-0.4, -0.2) is 28.8 Å². The summed E-state index contributed by atoms with van der Waals surface area (Å²) in [6.45, 7) is 2.11. The van der Waals surface area contributed by atoms with Crippen LogP contribution >= 0.6 is 0 Å². The third kappa shape index (κ3) is 4.14. The molecule has 0 saturated heterocycles. The second-order valence-electron chi connectivity index (χ2n) is 3.40. The Bertz CT molecular complexity index is 296. The molecule has 1 aromatic heterocycles. The Morgan fingerprint density at radius 2 is 2.40 bits per heavy atom. The topological polar surface area (TPSA) is 82.7 Å². The van der Waals surface area contributed by atoms with Crippen molar-refractivity contribution in [1.82, 2.24) is 5.32 Å². The van der Waals surface area contributed by atoms with Crippen LogP contribution in [-0.2, 0) is 4.79 Å². The van der Waals surface area contributed by atoms with Gasteiger partial charge in [-0.3, -0.25) is 4.79 Å². The first-order valence-electron chi connectivity index (χ1n) is 4.76. The third-order valence-corrected chi connectivity index (χ3v) is 2.04. The van der Waals surface area contributed by atoms with Crippen molar-refractivity contribution in [1.29, 1.82) is 0 Å². The lowest BCUT2D eigenvalue weighted by Crippen LogP contribution is -2.30. The third-order valence-electron chi connectivity index (χ3n) is 2.04. The van der Waals surface area contributed by atoms with Gasteiger partial charge in [0.1, 0.15) is 5.76 Å². The minimum absolute atomic E-state index is 0.0385. The van der Waals surface area contributed by atoms with E-state index < -0.39 is 12.1 Å². The molecule has 1 aromatic rings. The van der Waals surface area contributed by atoms with Gasteiger partial charge in [0.2, 0.25) is 0 Å². The lowest BCUT2D eigenvalue weighted by Gasteiger charge is -2.14. The number of carbonyl (C=O) groups is 1. The summed E-state index contributed by atoms with van der Waals surface area (Å²) in [7, 11) is 0. The molecular weight excluding hydrogens is 198 g/mol. The van der Waals surface area contributed by atoms with Crippen molar-refractivity contribution >= 4 is 5.97 Å². The molecule has 0 spiro atoms. The summed E-state index contributed by atoms with van der Waals surface area (Å²) >= 11 is 0. The molecule has 0 aliphatic rings. The molecule has 1 rings (SSSR count). The van der Waals surface area contributed by atoms with Gasteiger partial charge in [0, 0.05) is 6.54 Å². The van der Waals surface area contributed by atoms with E-state index >= 15 is 0 Å². The Kier molecular flexibility index (Phi) is 4.33. The van der Waals surface area contributed by atoms with Gasteiger partial charge < -0.3 is 19.9 Å². The van der Waals surface area contributed by atoms with E-state index in [9.17, 15) is 9.90 Å². The maximum atomic E-state index is 10.3. The van der Waals surface area contributed by atoms with E-state index in [2.05, 4.69) is 5.32 Å². The number of hydrogen-bond donors (Lipinski definition) is 3. The first kappa shape index (κ1) is 11.7. The lowest BCUT2D eigenvalue weighted by molar-refractivity contribution is -0.139. The molecule has 5 heteroatoms. The van der Waals surface area contributed by atoms with Crippen LogP contribution in [0.2, 0.25) is 0 Å². The predicted octanol–water partition coefficient (Wildman–Crippen LogP) is 0.766. The molecule has 1 heterocycles. The van der Waals surface area contributed by atoms with E-state index in [4.69, 9.17) is 9.52 Å². The molecule has 2 atom stereocenters. The zero-order valence-corrected chi connectivity index (χ0v) is 8.51. The summed E-state index contributed by atoms with van der Waals surface area (Å²) in [5.41, 5.74) is 0. The zero-order chi connectivity index (χ0) is 11.3. The van der Waals surface area contributed by atoms with Crippen molar-refractivity contribution in [3.05, 3.63) is 24.2 Å². The van der Waals surface area contributed by atoms with Crippen LogP contribution in [0.1, 0.15) is 25.1 Å². The maximum absolute atomic E-state index is 10.3. The predicted molar refractivity (Wildman–Crippen MR) is 53.4 cm³/mol. The molecule has 2 unspecified atom stereocenters. The number of aliphatic hydroxyl groups is 1. The Hall–Kier alpha value is -1.33. The van der Waals surface area contributed by atoms with Crippen molar-refractivity contribution in [3.63, 3.8) is 0 Å². The summed E-state index contributed by atoms with van der Waals surface area (Å²) in [5, 5.41) is 20.7. The first-order chi connectivity index (χ1) is 7.09. The van der Waals surface area contributed by atoms with Gasteiger partial charge in [-0.15, -0.1) is 0 Å². The average Bonchev–Trinajstić information content (AvgIpc) is 2.65. The smallest absolute Gasteiger partial charge is 0.306 e. The number of nitrogens with one attached hydrogen (secondary N) is 1. The molecule has 84 valence electrons. The second kappa shape index (κ2) is 5.53. The normalized spacial score (nSPS) is 14.8. The van der Waals surface area contributed by atoms with Crippen molar-refractivity contribution in [2.45, 2.75) is 25.5 Å². The highest BCUT2D eigenvalue weighted by Gasteiger charge is 2.12. The Morgan fingerprint density at radius 1 is 1.67 bits per heavy atom. The SMILES string of the molecule is CC(NCC(O)CC(=O)O)c1ccco1. The quantitative estimate of drug-likeness (QED) is 0.650. The lowest BCUT2D eigenvalue weighted by atomic mass is 10.2. The molecule has 0 aliphatic heterocycles. The minimum Gasteiger partial charge on any atom is -0.481 e. The summed E-state index contributed by atoms with van der Waals surface area (Å²) in [5.74, 6) is -0.243. The Morgan fingerprint density at radius 3 is 2.93 bits per heavy atom. The fourth-order valence-electron chi connectivity index (χ4n) is 1.22. The van der Waals surface area contributed by atoms with Crippen LogP contribution in [0.25, 0.3) is 0 Å². The molecule has 0 amide bonds. The number of furan rings is 1. The van der Waals surface area contributed by atoms with E-state index in [-0.39, 0.29) is 19.0 Å². The molecule has 0 radical (unpaired) electrons. The molecule has 3 N–H and O–H groups in total. The fraction of sp³-hybridized carbons (Fsp3) is 0.500. The van der Waals surface area contributed by atoms with E-state index in [0.717, 1.165) is 5.76 Å². The van der Waals surface area contributed by atoms with Gasteiger partial charge >= 0.3 is 5.97 Å². The number of carboxylic acids is 1. The fourth-order valence-corrected chi connectivity index (χ4v) is 1.22. The van der Waals surface area contributed by atoms with Crippen LogP contribution in [0.15, 0.2) is 22.8 Å². The summed E-state index contributed by atoms with van der Waals surface area (Å²) in [4.78, 5) is 10.3. The number of carboxylic acid groups (broad SMARTS) is 1. The molecular formula is C10H15NO4. The standard InChI is InChI=1S/C10H15NO4/c1-7(9-3-2-4-15-9)11-6-8(12)5-10(13)14/h2-4,7-8,11-12H,5-6H2,1H3,(H,13,14). The average molecular weight is 213 g/mol. The van der Waals surface area contributed by atoms with E-state index in [1.807, 2.05) is 13.0 Å². The van der Waals surface area contributed by atoms with Crippen molar-refractivity contribution in [2.24, 2.45) is 0 Å². The van der Waals surface area contributed by atoms with Crippen molar-refractivity contribution in [3.8, 4) is 0 Å². The van der Waals surface area contributed by atoms with Crippen molar-refractivity contribution < 1.29 is 19.4 Å². The van der Waals surface area contributed by atoms with Gasteiger partial charge in [-0.2, -0.15) is 0 Å². The Labute approximate surface area is 87.7 Å². The largest absolute Gasteiger partial charge is 0.481 e. The molecule has 0 fully saturated rings. The highest BCUT2D eigenvalue weighted by Crippen LogP contribution is 2.11. The highest BCUT2D eigenvalue weighted by atomic mass is 16.4. The Balaban J connectivity index is 2.28. The van der Waals surface area contributed by atoms with Gasteiger partial charge in [0.25, 0.3) is 0 Å². The number of aliphatic hydroxyl groups excluding tert-OH is 1. The number of hydrogen-bond acceptors (Lipinski definition) is 4. The summed E-state index contributed by atoms with van der Waals surface area (Å²) in [6, 6.07) is 3.56. The second-order valence-corrected chi connectivity index (χ2v) is 3.40. The molecule has 5 nitrogen and oxygen atoms in total. The van der Waals surface area contributed by atoms with Crippen molar-refractivity contribution in [2.75, 3.05) is 6.54 Å². The van der Waals surface area contributed by atoms with Crippen LogP contribution in [0.3, 0.4) is 0 Å². The molecule has 15 heavy (non-hydrogen) atoms. The minimum atomic E-state index is -1.00. The van der Waals surface area contributed by atoms with Crippen LogP contribution < -0.4 is 5.32 Å². The molecule has 0 saturated carbocycles. The monoisotopic (exact) mass is 213 g/mol. The van der Waals surface area contributed by atoms with E-state index in [0.29, 0.717) is 0 Å². The molecule has 0 bridgehead atoms. The highest BCUT2D eigenvalue weighted by molar-refractivity contribution is 5.67. The van der Waals surface area contributed by atoms with E-state index in [1.54, 1.807) is 12.3 Å². The zero-order valence-electron chi connectivity index (χ0n) is 8.51. The number of rotatable bonds is 6. The van der Waals surface area contributed by atoms with Gasteiger partial charge in [-0.25, -0.2) is 0 Å². The summed E-state index contributed by atoms with van der Waals surface area (Å²) in [6.07, 6.45) is 0.443. The maximum Gasteiger partial charge on any atom is 0.306 e. The van der Waals surface area contributed by atoms with Gasteiger partial charge in [-0.1, -0.05) is 0 Å². The van der Waals surface area contributed by atoms with Crippen LogP contribution in [0.4, 0.5) is 0 Å². The molecule has 0 aliphatic carbocycles. The summed E-state index contributed by atoms with van der Waals surface area (Å²) < 4.78 is 5.15. The van der Waals surface area contributed by atoms with Gasteiger partial charge in [0.05, 0.1) is 24.8 Å². The molecule has 0 aromatic carbocycles. The number of aliphatic carboxylic acids is 1. The van der Waals surface area contributed by atoms with Gasteiger partial charge in [-0.05, 0) is 19.1 Å².